The van der Waals surface area contributed by atoms with Crippen LogP contribution in [-0.2, 0) is 12.6 Å². The molecule has 0 aliphatic rings. The van der Waals surface area contributed by atoms with E-state index in [1.54, 1.807) is 0 Å². The summed E-state index contributed by atoms with van der Waals surface area (Å²) in [6, 6.07) is 9.95. The lowest BCUT2D eigenvalue weighted by Gasteiger charge is -2.16. The van der Waals surface area contributed by atoms with Crippen molar-refractivity contribution in [3.8, 4) is 11.8 Å². The van der Waals surface area contributed by atoms with E-state index in [9.17, 15) is 27.6 Å². The minimum Gasteiger partial charge on any atom is -0.382 e. The number of nitrogen functional groups attached to an aromatic ring is 2. The van der Waals surface area contributed by atoms with Crippen molar-refractivity contribution in [2.24, 2.45) is 0 Å². The van der Waals surface area contributed by atoms with Crippen LogP contribution in [-0.4, -0.2) is 26.1 Å². The zero-order chi connectivity index (χ0) is 26.0. The summed E-state index contributed by atoms with van der Waals surface area (Å²) in [6.45, 7) is 0.213. The molecule has 0 saturated heterocycles. The lowest BCUT2D eigenvalue weighted by molar-refractivity contribution is -0.137. The Balaban J connectivity index is 1.70. The van der Waals surface area contributed by atoms with E-state index in [0.29, 0.717) is 6.42 Å². The molecule has 0 saturated carbocycles. The number of halogens is 4. The van der Waals surface area contributed by atoms with E-state index >= 15 is 0 Å². The minimum absolute atomic E-state index is 0.00406. The first-order valence-corrected chi connectivity index (χ1v) is 10.5. The summed E-state index contributed by atoms with van der Waals surface area (Å²) in [5, 5.41) is 11.8. The normalized spacial score (nSPS) is 11.4. The van der Waals surface area contributed by atoms with Crippen LogP contribution in [0.25, 0.3) is 16.6 Å². The lowest BCUT2D eigenvalue weighted by Crippen LogP contribution is -2.25. The summed E-state index contributed by atoms with van der Waals surface area (Å²) >= 11 is 0. The maximum Gasteiger partial charge on any atom is 0.416 e. The van der Waals surface area contributed by atoms with E-state index in [-0.39, 0.29) is 58.5 Å². The van der Waals surface area contributed by atoms with Crippen molar-refractivity contribution in [3.05, 3.63) is 75.6 Å². The highest BCUT2D eigenvalue weighted by Crippen LogP contribution is 2.30. The first-order valence-electron chi connectivity index (χ1n) is 10.5. The number of hydrogen-bond acceptors (Lipinski definition) is 8. The predicted octanol–water partition coefficient (Wildman–Crippen LogP) is 3.41. The molecule has 5 N–H and O–H groups in total. The van der Waals surface area contributed by atoms with Crippen LogP contribution >= 0.6 is 0 Å². The Morgan fingerprint density at radius 3 is 2.56 bits per heavy atom. The molecule has 0 radical (unpaired) electrons. The molecule has 184 valence electrons. The van der Waals surface area contributed by atoms with E-state index in [4.69, 9.17) is 11.5 Å². The van der Waals surface area contributed by atoms with Gasteiger partial charge in [0.25, 0.3) is 5.56 Å². The number of anilines is 3. The van der Waals surface area contributed by atoms with Crippen LogP contribution in [0.5, 0.6) is 0 Å². The molecular weight excluding hydrogens is 480 g/mol. The van der Waals surface area contributed by atoms with Crippen LogP contribution in [0.15, 0.2) is 47.3 Å². The summed E-state index contributed by atoms with van der Waals surface area (Å²) in [5.41, 5.74) is 9.45. The number of nitriles is 1. The molecule has 0 atom stereocenters. The Labute approximate surface area is 201 Å². The number of aryl methyl sites for hydroxylation is 1. The lowest BCUT2D eigenvalue weighted by atomic mass is 10.1. The largest absolute Gasteiger partial charge is 0.416 e. The topological polar surface area (TPSA) is 149 Å². The molecule has 0 unspecified atom stereocenters. The fourth-order valence-electron chi connectivity index (χ4n) is 3.68. The number of aromatic nitrogens is 4. The second-order valence-corrected chi connectivity index (χ2v) is 7.68. The zero-order valence-corrected chi connectivity index (χ0v) is 18.5. The number of fused-ring (bicyclic) bond motifs is 1. The van der Waals surface area contributed by atoms with Gasteiger partial charge in [-0.3, -0.25) is 9.36 Å². The minimum atomic E-state index is -4.64. The third-order valence-corrected chi connectivity index (χ3v) is 5.28. The van der Waals surface area contributed by atoms with Gasteiger partial charge in [-0.25, -0.2) is 9.37 Å². The number of nitrogens with one attached hydrogen (secondary N) is 1. The van der Waals surface area contributed by atoms with Gasteiger partial charge in [-0.1, -0.05) is 12.1 Å². The monoisotopic (exact) mass is 498 g/mol. The molecule has 0 aliphatic heterocycles. The molecule has 4 rings (SSSR count). The molecule has 2 heterocycles. The predicted molar refractivity (Wildman–Crippen MR) is 125 cm³/mol. The standard InChI is InChI=1S/C23H18F4N8O/c24-15-6-2-7-16-18(15)21(36)35(13-5-1-4-12(10-13)23(25,26)27)17(32-16)8-3-9-31-20-14(11-28)19(29)33-22(30)34-20/h1-2,4-7,10H,3,8-9H2,(H5,29,30,31,33,34). The highest BCUT2D eigenvalue weighted by molar-refractivity contribution is 5.78. The Bertz CT molecular complexity index is 1560. The number of nitrogens with two attached hydrogens (primary N) is 2. The summed E-state index contributed by atoms with van der Waals surface area (Å²) in [7, 11) is 0. The maximum absolute atomic E-state index is 14.5. The molecule has 0 bridgehead atoms. The van der Waals surface area contributed by atoms with Crippen molar-refractivity contribution in [1.82, 2.24) is 19.5 Å². The average Bonchev–Trinajstić information content (AvgIpc) is 2.81. The SMILES string of the molecule is N#Cc1c(N)nc(N)nc1NCCCc1nc2cccc(F)c2c(=O)n1-c1cccc(C(F)(F)F)c1. The van der Waals surface area contributed by atoms with Crippen molar-refractivity contribution < 1.29 is 17.6 Å². The van der Waals surface area contributed by atoms with Crippen LogP contribution in [0.2, 0.25) is 0 Å². The summed E-state index contributed by atoms with van der Waals surface area (Å²) in [5.74, 6) is -0.815. The Hall–Kier alpha value is -4.73. The highest BCUT2D eigenvalue weighted by Gasteiger charge is 2.31. The van der Waals surface area contributed by atoms with E-state index in [2.05, 4.69) is 20.3 Å². The fraction of sp³-hybridized carbons (Fsp3) is 0.174. The second-order valence-electron chi connectivity index (χ2n) is 7.68. The van der Waals surface area contributed by atoms with E-state index in [1.165, 1.54) is 18.2 Å². The van der Waals surface area contributed by atoms with Crippen LogP contribution in [0, 0.1) is 17.1 Å². The van der Waals surface area contributed by atoms with Crippen LogP contribution < -0.4 is 22.3 Å². The van der Waals surface area contributed by atoms with Gasteiger partial charge >= 0.3 is 6.18 Å². The Morgan fingerprint density at radius 2 is 1.83 bits per heavy atom. The molecule has 0 spiro atoms. The molecule has 13 heteroatoms. The number of alkyl halides is 3. The van der Waals surface area contributed by atoms with E-state index in [1.807, 2.05) is 6.07 Å². The summed E-state index contributed by atoms with van der Waals surface area (Å²) < 4.78 is 55.4. The van der Waals surface area contributed by atoms with Crippen molar-refractivity contribution in [1.29, 1.82) is 5.26 Å². The van der Waals surface area contributed by atoms with E-state index < -0.39 is 23.1 Å². The first-order chi connectivity index (χ1) is 17.1. The number of rotatable bonds is 6. The van der Waals surface area contributed by atoms with E-state index in [0.717, 1.165) is 28.8 Å². The van der Waals surface area contributed by atoms with Crippen molar-refractivity contribution in [3.63, 3.8) is 0 Å². The fourth-order valence-corrected chi connectivity index (χ4v) is 3.68. The molecule has 2 aromatic carbocycles. The van der Waals surface area contributed by atoms with Gasteiger partial charge in [-0.05, 0) is 36.8 Å². The quantitative estimate of drug-likeness (QED) is 0.271. The molecule has 2 aromatic heterocycles. The van der Waals surface area contributed by atoms with Gasteiger partial charge in [0.2, 0.25) is 5.95 Å². The van der Waals surface area contributed by atoms with Crippen LogP contribution in [0.3, 0.4) is 0 Å². The van der Waals surface area contributed by atoms with Gasteiger partial charge in [-0.2, -0.15) is 28.4 Å². The summed E-state index contributed by atoms with van der Waals surface area (Å²) in [6.07, 6.45) is -4.22. The van der Waals surface area contributed by atoms with Gasteiger partial charge in [-0.15, -0.1) is 0 Å². The Morgan fingerprint density at radius 1 is 1.08 bits per heavy atom. The van der Waals surface area contributed by atoms with Crippen molar-refractivity contribution in [2.45, 2.75) is 19.0 Å². The molecule has 9 nitrogen and oxygen atoms in total. The molecular formula is C23H18F4N8O. The first kappa shape index (κ1) is 24.4. The van der Waals surface area contributed by atoms with Crippen molar-refractivity contribution in [2.75, 3.05) is 23.3 Å². The average molecular weight is 498 g/mol. The highest BCUT2D eigenvalue weighted by atomic mass is 19.4. The third kappa shape index (κ3) is 4.74. The third-order valence-electron chi connectivity index (χ3n) is 5.28. The zero-order valence-electron chi connectivity index (χ0n) is 18.5. The van der Waals surface area contributed by atoms with Crippen LogP contribution in [0.1, 0.15) is 23.4 Å². The molecule has 0 aliphatic carbocycles. The molecule has 0 fully saturated rings. The van der Waals surface area contributed by atoms with Gasteiger partial charge in [0, 0.05) is 13.0 Å². The number of benzene rings is 2. The molecule has 36 heavy (non-hydrogen) atoms. The van der Waals surface area contributed by atoms with Gasteiger partial charge in [0.05, 0.1) is 16.8 Å². The Kier molecular flexibility index (Phi) is 6.43. The maximum atomic E-state index is 14.5. The number of nitrogens with zero attached hydrogens (tertiary/aromatic N) is 5. The number of hydrogen-bond donors (Lipinski definition) is 3. The van der Waals surface area contributed by atoms with Gasteiger partial charge < -0.3 is 16.8 Å². The van der Waals surface area contributed by atoms with Gasteiger partial charge in [0.15, 0.2) is 5.82 Å². The molecule has 4 aromatic rings. The van der Waals surface area contributed by atoms with Crippen LogP contribution in [0.4, 0.5) is 35.1 Å². The molecule has 0 amide bonds. The second kappa shape index (κ2) is 9.49. The summed E-state index contributed by atoms with van der Waals surface area (Å²) in [4.78, 5) is 25.3. The van der Waals surface area contributed by atoms with Crippen molar-refractivity contribution >= 4 is 28.5 Å². The smallest absolute Gasteiger partial charge is 0.382 e. The van der Waals surface area contributed by atoms with Gasteiger partial charge in [0.1, 0.15) is 34.5 Å².